The minimum atomic E-state index is 0.0417. The van der Waals surface area contributed by atoms with Gasteiger partial charge in [-0.3, -0.25) is 4.79 Å². The molecular formula is C15H22N2O2. The Morgan fingerprint density at radius 2 is 2.21 bits per heavy atom. The van der Waals surface area contributed by atoms with Crippen molar-refractivity contribution in [3.63, 3.8) is 0 Å². The molecule has 1 aromatic carbocycles. The topological polar surface area (TPSA) is 55.6 Å². The van der Waals surface area contributed by atoms with Crippen LogP contribution in [-0.2, 0) is 0 Å². The van der Waals surface area contributed by atoms with E-state index in [-0.39, 0.29) is 5.91 Å². The summed E-state index contributed by atoms with van der Waals surface area (Å²) in [4.78, 5) is 14.4. The number of likely N-dealkylation sites (tertiary alicyclic amines) is 1. The molecule has 0 aliphatic carbocycles. The number of hydrogen-bond acceptors (Lipinski definition) is 3. The summed E-state index contributed by atoms with van der Waals surface area (Å²) in [6, 6.07) is 5.19. The zero-order valence-electron chi connectivity index (χ0n) is 11.8. The number of benzene rings is 1. The van der Waals surface area contributed by atoms with Crippen LogP contribution in [0.5, 0.6) is 5.75 Å². The average molecular weight is 262 g/mol. The van der Waals surface area contributed by atoms with Gasteiger partial charge >= 0.3 is 0 Å². The number of anilines is 1. The van der Waals surface area contributed by atoms with Crippen molar-refractivity contribution < 1.29 is 9.53 Å². The zero-order chi connectivity index (χ0) is 14.0. The average Bonchev–Trinajstić information content (AvgIpc) is 2.87. The van der Waals surface area contributed by atoms with Crippen LogP contribution in [0, 0.1) is 11.8 Å². The van der Waals surface area contributed by atoms with Crippen molar-refractivity contribution in [2.75, 3.05) is 25.9 Å². The lowest BCUT2D eigenvalue weighted by Crippen LogP contribution is -2.29. The summed E-state index contributed by atoms with van der Waals surface area (Å²) in [5.74, 6) is 1.81. The summed E-state index contributed by atoms with van der Waals surface area (Å²) in [5.41, 5.74) is 6.92. The number of carbonyl (C=O) groups is 1. The summed E-state index contributed by atoms with van der Waals surface area (Å²) in [7, 11) is 1.56. The van der Waals surface area contributed by atoms with E-state index in [1.165, 1.54) is 0 Å². The SMILES string of the molecule is COc1cc(N)ccc1C(=O)N1CCC(C(C)C)C1. The molecule has 1 amide bonds. The van der Waals surface area contributed by atoms with Crippen molar-refractivity contribution in [3.05, 3.63) is 23.8 Å². The maximum absolute atomic E-state index is 12.5. The van der Waals surface area contributed by atoms with Gasteiger partial charge in [-0.2, -0.15) is 0 Å². The van der Waals surface area contributed by atoms with Crippen LogP contribution >= 0.6 is 0 Å². The lowest BCUT2D eigenvalue weighted by molar-refractivity contribution is 0.0780. The van der Waals surface area contributed by atoms with Gasteiger partial charge < -0.3 is 15.4 Å². The number of methoxy groups -OCH3 is 1. The fourth-order valence-corrected chi connectivity index (χ4v) is 2.57. The molecule has 1 atom stereocenters. The molecule has 1 aromatic rings. The minimum absolute atomic E-state index is 0.0417. The number of hydrogen-bond donors (Lipinski definition) is 1. The molecule has 0 spiro atoms. The molecule has 1 aliphatic heterocycles. The lowest BCUT2D eigenvalue weighted by Gasteiger charge is -2.19. The van der Waals surface area contributed by atoms with E-state index in [1.807, 2.05) is 4.90 Å². The van der Waals surface area contributed by atoms with Crippen LogP contribution in [0.3, 0.4) is 0 Å². The molecule has 104 valence electrons. The predicted molar refractivity (Wildman–Crippen MR) is 76.3 cm³/mol. The maximum atomic E-state index is 12.5. The normalized spacial score (nSPS) is 18.9. The first-order chi connectivity index (χ1) is 9.02. The van der Waals surface area contributed by atoms with Crippen LogP contribution < -0.4 is 10.5 Å². The monoisotopic (exact) mass is 262 g/mol. The van der Waals surface area contributed by atoms with Gasteiger partial charge in [0.05, 0.1) is 12.7 Å². The summed E-state index contributed by atoms with van der Waals surface area (Å²) in [6.07, 6.45) is 1.08. The minimum Gasteiger partial charge on any atom is -0.496 e. The molecule has 4 heteroatoms. The standard InChI is InChI=1S/C15H22N2O2/c1-10(2)11-6-7-17(9-11)15(18)13-5-4-12(16)8-14(13)19-3/h4-5,8,10-11H,6-7,9,16H2,1-3H3. The molecule has 0 saturated carbocycles. The van der Waals surface area contributed by atoms with E-state index in [4.69, 9.17) is 10.5 Å². The van der Waals surface area contributed by atoms with Gasteiger partial charge in [-0.1, -0.05) is 13.8 Å². The van der Waals surface area contributed by atoms with E-state index in [9.17, 15) is 4.79 Å². The Morgan fingerprint density at radius 3 is 2.79 bits per heavy atom. The molecule has 0 bridgehead atoms. The van der Waals surface area contributed by atoms with Gasteiger partial charge in [0, 0.05) is 24.8 Å². The van der Waals surface area contributed by atoms with Crippen LogP contribution in [0.4, 0.5) is 5.69 Å². The van der Waals surface area contributed by atoms with Crippen LogP contribution in [0.15, 0.2) is 18.2 Å². The van der Waals surface area contributed by atoms with Crippen LogP contribution in [0.2, 0.25) is 0 Å². The molecule has 1 aliphatic rings. The van der Waals surface area contributed by atoms with Crippen LogP contribution in [0.1, 0.15) is 30.6 Å². The van der Waals surface area contributed by atoms with Gasteiger partial charge in [0.2, 0.25) is 0 Å². The quantitative estimate of drug-likeness (QED) is 0.851. The van der Waals surface area contributed by atoms with E-state index >= 15 is 0 Å². The van der Waals surface area contributed by atoms with Crippen molar-refractivity contribution in [2.24, 2.45) is 11.8 Å². The second kappa shape index (κ2) is 5.51. The number of nitrogens with zero attached hydrogens (tertiary/aromatic N) is 1. The molecule has 19 heavy (non-hydrogen) atoms. The Bertz CT molecular complexity index is 471. The summed E-state index contributed by atoms with van der Waals surface area (Å²) in [6.45, 7) is 6.09. The molecule has 4 nitrogen and oxygen atoms in total. The molecule has 0 radical (unpaired) electrons. The fourth-order valence-electron chi connectivity index (χ4n) is 2.57. The Morgan fingerprint density at radius 1 is 1.47 bits per heavy atom. The number of nitrogen functional groups attached to an aromatic ring is 1. The van der Waals surface area contributed by atoms with E-state index in [0.29, 0.717) is 28.8 Å². The van der Waals surface area contributed by atoms with Crippen LogP contribution in [-0.4, -0.2) is 31.0 Å². The summed E-state index contributed by atoms with van der Waals surface area (Å²) < 4.78 is 5.25. The van der Waals surface area contributed by atoms with Crippen molar-refractivity contribution >= 4 is 11.6 Å². The maximum Gasteiger partial charge on any atom is 0.257 e. The second-order valence-electron chi connectivity index (χ2n) is 5.50. The van der Waals surface area contributed by atoms with Crippen molar-refractivity contribution in [3.8, 4) is 5.75 Å². The molecule has 0 aromatic heterocycles. The fraction of sp³-hybridized carbons (Fsp3) is 0.533. The third-order valence-electron chi connectivity index (χ3n) is 3.91. The molecule has 1 saturated heterocycles. The Hall–Kier alpha value is -1.71. The highest BCUT2D eigenvalue weighted by Gasteiger charge is 2.29. The van der Waals surface area contributed by atoms with E-state index in [2.05, 4.69) is 13.8 Å². The number of nitrogens with two attached hydrogens (primary N) is 1. The number of rotatable bonds is 3. The van der Waals surface area contributed by atoms with E-state index in [1.54, 1.807) is 25.3 Å². The number of ether oxygens (including phenoxy) is 1. The third-order valence-corrected chi connectivity index (χ3v) is 3.91. The number of amides is 1. The van der Waals surface area contributed by atoms with Crippen LogP contribution in [0.25, 0.3) is 0 Å². The van der Waals surface area contributed by atoms with Gasteiger partial charge in [-0.15, -0.1) is 0 Å². The molecule has 1 heterocycles. The predicted octanol–water partition coefficient (Wildman–Crippen LogP) is 2.40. The van der Waals surface area contributed by atoms with Gasteiger partial charge in [-0.05, 0) is 30.4 Å². The first-order valence-corrected chi connectivity index (χ1v) is 6.75. The largest absolute Gasteiger partial charge is 0.496 e. The first-order valence-electron chi connectivity index (χ1n) is 6.75. The highest BCUT2D eigenvalue weighted by atomic mass is 16.5. The third kappa shape index (κ3) is 2.83. The molecule has 2 N–H and O–H groups in total. The van der Waals surface area contributed by atoms with Crippen molar-refractivity contribution in [1.29, 1.82) is 0 Å². The first kappa shape index (κ1) is 13.7. The molecule has 1 unspecified atom stereocenters. The zero-order valence-corrected chi connectivity index (χ0v) is 11.8. The van der Waals surface area contributed by atoms with Crippen molar-refractivity contribution in [2.45, 2.75) is 20.3 Å². The Balaban J connectivity index is 2.17. The highest BCUT2D eigenvalue weighted by Crippen LogP contribution is 2.28. The highest BCUT2D eigenvalue weighted by molar-refractivity contribution is 5.97. The second-order valence-corrected chi connectivity index (χ2v) is 5.50. The van der Waals surface area contributed by atoms with Gasteiger partial charge in [0.25, 0.3) is 5.91 Å². The van der Waals surface area contributed by atoms with Gasteiger partial charge in [-0.25, -0.2) is 0 Å². The van der Waals surface area contributed by atoms with Gasteiger partial charge in [0.1, 0.15) is 5.75 Å². The van der Waals surface area contributed by atoms with Crippen molar-refractivity contribution in [1.82, 2.24) is 4.90 Å². The van der Waals surface area contributed by atoms with Gasteiger partial charge in [0.15, 0.2) is 0 Å². The lowest BCUT2D eigenvalue weighted by atomic mass is 9.95. The Labute approximate surface area is 114 Å². The Kier molecular flexibility index (Phi) is 3.98. The smallest absolute Gasteiger partial charge is 0.257 e. The molecule has 2 rings (SSSR count). The number of carbonyl (C=O) groups excluding carboxylic acids is 1. The molecular weight excluding hydrogens is 240 g/mol. The van der Waals surface area contributed by atoms with E-state index < -0.39 is 0 Å². The summed E-state index contributed by atoms with van der Waals surface area (Å²) >= 11 is 0. The summed E-state index contributed by atoms with van der Waals surface area (Å²) in [5, 5.41) is 0. The van der Waals surface area contributed by atoms with E-state index in [0.717, 1.165) is 19.5 Å². The molecule has 1 fully saturated rings.